The summed E-state index contributed by atoms with van der Waals surface area (Å²) in [5.74, 6) is -0.525. The smallest absolute Gasteiger partial charge is 0.358 e. The normalized spacial score (nSPS) is 9.86. The molecule has 0 fully saturated rings. The number of ether oxygens (including phenoxy) is 1. The number of hydrogen-bond donors (Lipinski definition) is 0. The van der Waals surface area contributed by atoms with Gasteiger partial charge in [-0.05, 0) is 6.42 Å². The summed E-state index contributed by atoms with van der Waals surface area (Å²) in [6.45, 7) is 2.58. The van der Waals surface area contributed by atoms with Crippen LogP contribution in [0.15, 0.2) is 6.07 Å². The molecule has 0 atom stereocenters. The van der Waals surface area contributed by atoms with Crippen molar-refractivity contribution in [2.24, 2.45) is 0 Å². The average molecular weight is 196 g/mol. The van der Waals surface area contributed by atoms with Gasteiger partial charge in [0.25, 0.3) is 0 Å². The van der Waals surface area contributed by atoms with Gasteiger partial charge in [0.2, 0.25) is 0 Å². The Morgan fingerprint density at radius 1 is 1.71 bits per heavy atom. The van der Waals surface area contributed by atoms with Gasteiger partial charge in [0.15, 0.2) is 12.0 Å². The van der Waals surface area contributed by atoms with Gasteiger partial charge in [0.05, 0.1) is 7.11 Å². The Kier molecular flexibility index (Phi) is 3.39. The number of aldehydes is 1. The molecule has 0 saturated carbocycles. The first-order chi connectivity index (χ1) is 6.72. The van der Waals surface area contributed by atoms with E-state index in [1.165, 1.54) is 17.9 Å². The van der Waals surface area contributed by atoms with E-state index in [1.54, 1.807) is 0 Å². The number of aromatic nitrogens is 2. The molecule has 0 radical (unpaired) electrons. The summed E-state index contributed by atoms with van der Waals surface area (Å²) in [7, 11) is 1.28. The number of rotatable bonds is 4. The number of methoxy groups -OCH3 is 1. The topological polar surface area (TPSA) is 61.2 Å². The first-order valence-corrected chi connectivity index (χ1v) is 4.34. The van der Waals surface area contributed by atoms with Crippen molar-refractivity contribution in [1.29, 1.82) is 0 Å². The monoisotopic (exact) mass is 196 g/mol. The minimum absolute atomic E-state index is 0.169. The Balaban J connectivity index is 2.99. The zero-order chi connectivity index (χ0) is 10.6. The number of esters is 1. The standard InChI is InChI=1S/C9H12N2O3/c1-3-4-11-7(6-12)5-8(10-11)9(13)14-2/h5-6H,3-4H2,1-2H3. The van der Waals surface area contributed by atoms with Crippen LogP contribution in [0.2, 0.25) is 0 Å². The maximum atomic E-state index is 11.1. The fourth-order valence-electron chi connectivity index (χ4n) is 1.12. The molecule has 5 nitrogen and oxygen atoms in total. The molecule has 0 amide bonds. The van der Waals surface area contributed by atoms with Crippen molar-refractivity contribution in [1.82, 2.24) is 9.78 Å². The number of carbonyl (C=O) groups is 2. The largest absolute Gasteiger partial charge is 0.464 e. The zero-order valence-electron chi connectivity index (χ0n) is 8.19. The zero-order valence-corrected chi connectivity index (χ0v) is 8.19. The molecule has 0 aliphatic carbocycles. The third-order valence-electron chi connectivity index (χ3n) is 1.76. The summed E-state index contributed by atoms with van der Waals surface area (Å²) in [5.41, 5.74) is 0.565. The van der Waals surface area contributed by atoms with Crippen LogP contribution in [0.25, 0.3) is 0 Å². The van der Waals surface area contributed by atoms with Crippen LogP contribution in [0.3, 0.4) is 0 Å². The highest BCUT2D eigenvalue weighted by molar-refractivity contribution is 5.89. The summed E-state index contributed by atoms with van der Waals surface area (Å²) in [6, 6.07) is 1.43. The number of nitrogens with zero attached hydrogens (tertiary/aromatic N) is 2. The van der Waals surface area contributed by atoms with Gasteiger partial charge in [-0.15, -0.1) is 0 Å². The molecule has 0 bridgehead atoms. The van der Waals surface area contributed by atoms with Crippen LogP contribution in [-0.4, -0.2) is 29.1 Å². The van der Waals surface area contributed by atoms with Crippen LogP contribution < -0.4 is 0 Å². The second-order valence-electron chi connectivity index (χ2n) is 2.79. The van der Waals surface area contributed by atoms with Crippen molar-refractivity contribution in [3.05, 3.63) is 17.5 Å². The lowest BCUT2D eigenvalue weighted by molar-refractivity contribution is 0.0593. The van der Waals surface area contributed by atoms with Crippen LogP contribution in [0.4, 0.5) is 0 Å². The van der Waals surface area contributed by atoms with Crippen molar-refractivity contribution in [3.63, 3.8) is 0 Å². The predicted octanol–water partition coefficient (Wildman–Crippen LogP) is 0.892. The Bertz CT molecular complexity index is 344. The summed E-state index contributed by atoms with van der Waals surface area (Å²) in [5, 5.41) is 3.95. The molecule has 5 heteroatoms. The van der Waals surface area contributed by atoms with Crippen LogP contribution >= 0.6 is 0 Å². The molecular formula is C9H12N2O3. The fourth-order valence-corrected chi connectivity index (χ4v) is 1.12. The Labute approximate surface area is 81.7 Å². The molecule has 0 saturated heterocycles. The van der Waals surface area contributed by atoms with Gasteiger partial charge in [0, 0.05) is 12.6 Å². The Hall–Kier alpha value is -1.65. The summed E-state index contributed by atoms with van der Waals surface area (Å²) in [6.07, 6.45) is 1.53. The Morgan fingerprint density at radius 3 is 2.93 bits per heavy atom. The van der Waals surface area contributed by atoms with Crippen LogP contribution in [0.1, 0.15) is 34.3 Å². The molecular weight excluding hydrogens is 184 g/mol. The van der Waals surface area contributed by atoms with E-state index in [9.17, 15) is 9.59 Å². The van der Waals surface area contributed by atoms with E-state index < -0.39 is 5.97 Å². The molecule has 1 aromatic heterocycles. The molecule has 0 aliphatic rings. The van der Waals surface area contributed by atoms with Crippen LogP contribution in [0, 0.1) is 0 Å². The van der Waals surface area contributed by atoms with Gasteiger partial charge < -0.3 is 4.74 Å². The summed E-state index contributed by atoms with van der Waals surface area (Å²) >= 11 is 0. The minimum Gasteiger partial charge on any atom is -0.464 e. The minimum atomic E-state index is -0.525. The van der Waals surface area contributed by atoms with Crippen LogP contribution in [-0.2, 0) is 11.3 Å². The lowest BCUT2D eigenvalue weighted by Crippen LogP contribution is -2.06. The maximum Gasteiger partial charge on any atom is 0.358 e. The second-order valence-corrected chi connectivity index (χ2v) is 2.79. The van der Waals surface area contributed by atoms with E-state index in [-0.39, 0.29) is 5.69 Å². The predicted molar refractivity (Wildman–Crippen MR) is 49.2 cm³/mol. The number of carbonyl (C=O) groups excluding carboxylic acids is 2. The SMILES string of the molecule is CCCn1nc(C(=O)OC)cc1C=O. The van der Waals surface area contributed by atoms with E-state index in [0.29, 0.717) is 18.5 Å². The molecule has 0 unspecified atom stereocenters. The molecule has 1 aromatic rings. The molecule has 0 N–H and O–H groups in total. The van der Waals surface area contributed by atoms with Crippen molar-refractivity contribution >= 4 is 12.3 Å². The average Bonchev–Trinajstić information content (AvgIpc) is 2.60. The first kappa shape index (κ1) is 10.4. The number of hydrogen-bond acceptors (Lipinski definition) is 4. The third-order valence-corrected chi connectivity index (χ3v) is 1.76. The van der Waals surface area contributed by atoms with Crippen LogP contribution in [0.5, 0.6) is 0 Å². The second kappa shape index (κ2) is 4.55. The van der Waals surface area contributed by atoms with Gasteiger partial charge in [-0.3, -0.25) is 9.48 Å². The van der Waals surface area contributed by atoms with Gasteiger partial charge in [-0.25, -0.2) is 4.79 Å². The highest BCUT2D eigenvalue weighted by Gasteiger charge is 2.13. The van der Waals surface area contributed by atoms with Crippen molar-refractivity contribution in [2.75, 3.05) is 7.11 Å². The van der Waals surface area contributed by atoms with E-state index in [0.717, 1.165) is 6.42 Å². The molecule has 1 heterocycles. The van der Waals surface area contributed by atoms with Gasteiger partial charge in [0.1, 0.15) is 5.69 Å². The number of aryl methyl sites for hydroxylation is 1. The lowest BCUT2D eigenvalue weighted by Gasteiger charge is -1.98. The lowest BCUT2D eigenvalue weighted by atomic mass is 10.3. The quantitative estimate of drug-likeness (QED) is 0.530. The molecule has 14 heavy (non-hydrogen) atoms. The maximum absolute atomic E-state index is 11.1. The van der Waals surface area contributed by atoms with Gasteiger partial charge in [-0.1, -0.05) is 6.92 Å². The highest BCUT2D eigenvalue weighted by Crippen LogP contribution is 2.04. The molecule has 0 aliphatic heterocycles. The van der Waals surface area contributed by atoms with Gasteiger partial charge in [-0.2, -0.15) is 5.10 Å². The molecule has 0 aromatic carbocycles. The first-order valence-electron chi connectivity index (χ1n) is 4.34. The molecule has 0 spiro atoms. The van der Waals surface area contributed by atoms with E-state index >= 15 is 0 Å². The van der Waals surface area contributed by atoms with E-state index in [2.05, 4.69) is 9.84 Å². The summed E-state index contributed by atoms with van der Waals surface area (Å²) < 4.78 is 6.00. The Morgan fingerprint density at radius 2 is 2.43 bits per heavy atom. The highest BCUT2D eigenvalue weighted by atomic mass is 16.5. The third kappa shape index (κ3) is 1.99. The van der Waals surface area contributed by atoms with E-state index in [1.807, 2.05) is 6.92 Å². The van der Waals surface area contributed by atoms with Gasteiger partial charge >= 0.3 is 5.97 Å². The van der Waals surface area contributed by atoms with Crippen molar-refractivity contribution in [3.8, 4) is 0 Å². The van der Waals surface area contributed by atoms with E-state index in [4.69, 9.17) is 0 Å². The van der Waals surface area contributed by atoms with Crippen molar-refractivity contribution < 1.29 is 14.3 Å². The van der Waals surface area contributed by atoms with Crippen molar-refractivity contribution in [2.45, 2.75) is 19.9 Å². The fraction of sp³-hybridized carbons (Fsp3) is 0.444. The summed E-state index contributed by atoms with van der Waals surface area (Å²) in [4.78, 5) is 21.7. The molecule has 1 rings (SSSR count). The molecule has 76 valence electrons.